The zero-order valence-electron chi connectivity index (χ0n) is 14.8. The summed E-state index contributed by atoms with van der Waals surface area (Å²) in [5.41, 5.74) is 2.06. The molecule has 0 aliphatic carbocycles. The summed E-state index contributed by atoms with van der Waals surface area (Å²) >= 11 is 7.46. The summed E-state index contributed by atoms with van der Waals surface area (Å²) in [5, 5.41) is 29.1. The van der Waals surface area contributed by atoms with E-state index in [1.807, 2.05) is 54.6 Å². The molecule has 4 aromatic rings. The van der Waals surface area contributed by atoms with Crippen LogP contribution < -0.4 is 10.6 Å². The van der Waals surface area contributed by atoms with Gasteiger partial charge in [-0.3, -0.25) is 0 Å². The van der Waals surface area contributed by atoms with Crippen LogP contribution in [0.15, 0.2) is 54.6 Å². The summed E-state index contributed by atoms with van der Waals surface area (Å²) in [6.07, 6.45) is 0.737. The molecule has 142 valence electrons. The van der Waals surface area contributed by atoms with Gasteiger partial charge in [0.25, 0.3) is 0 Å². The van der Waals surface area contributed by atoms with Crippen molar-refractivity contribution in [2.24, 2.45) is 0 Å². The molecule has 0 radical (unpaired) electrons. The maximum absolute atomic E-state index is 5.92. The van der Waals surface area contributed by atoms with Crippen LogP contribution in [0.5, 0.6) is 0 Å². The number of nitrogens with zero attached hydrogens (tertiary/aromatic N) is 6. The van der Waals surface area contributed by atoms with Crippen molar-refractivity contribution in [3.8, 4) is 5.69 Å². The normalized spacial score (nSPS) is 10.8. The minimum Gasteiger partial charge on any atom is -0.358 e. The van der Waals surface area contributed by atoms with Crippen molar-refractivity contribution in [3.63, 3.8) is 0 Å². The van der Waals surface area contributed by atoms with Crippen LogP contribution in [0.25, 0.3) is 5.69 Å². The smallest absolute Gasteiger partial charge is 0.247 e. The van der Waals surface area contributed by atoms with E-state index in [4.69, 9.17) is 11.6 Å². The Morgan fingerprint density at radius 3 is 2.50 bits per heavy atom. The number of aromatic nitrogens is 6. The van der Waals surface area contributed by atoms with Gasteiger partial charge in [0.2, 0.25) is 11.1 Å². The van der Waals surface area contributed by atoms with Crippen molar-refractivity contribution < 1.29 is 0 Å². The molecular formula is C18H17ClN8S. The molecule has 2 N–H and O–H groups in total. The highest BCUT2D eigenvalue weighted by Crippen LogP contribution is 2.19. The van der Waals surface area contributed by atoms with Gasteiger partial charge in [-0.2, -0.15) is 4.68 Å². The molecule has 10 heteroatoms. The van der Waals surface area contributed by atoms with Gasteiger partial charge >= 0.3 is 0 Å². The first-order chi connectivity index (χ1) is 13.8. The number of rotatable bonds is 8. The standard InChI is InChI=1S/C18H17ClN8S/c19-14-8-6-13(7-9-14)12-16-22-24-18(28-16)21-11-10-20-17-23-25-26-27(17)15-4-2-1-3-5-15/h1-9H,10-12H2,(H,21,24)(H,20,23,26). The summed E-state index contributed by atoms with van der Waals surface area (Å²) < 4.78 is 1.66. The Bertz CT molecular complexity index is 1020. The SMILES string of the molecule is Clc1ccc(Cc2nnc(NCCNc3nnnn3-c3ccccc3)s2)cc1. The van der Waals surface area contributed by atoms with E-state index in [9.17, 15) is 0 Å². The molecule has 0 aliphatic rings. The van der Waals surface area contributed by atoms with E-state index < -0.39 is 0 Å². The third-order valence-electron chi connectivity index (χ3n) is 3.89. The fourth-order valence-corrected chi connectivity index (χ4v) is 3.48. The molecule has 2 aromatic heterocycles. The van der Waals surface area contributed by atoms with Crippen LogP contribution in [0.3, 0.4) is 0 Å². The van der Waals surface area contributed by atoms with Crippen molar-refractivity contribution >= 4 is 34.0 Å². The fourth-order valence-electron chi connectivity index (χ4n) is 2.56. The molecule has 0 atom stereocenters. The van der Waals surface area contributed by atoms with Gasteiger partial charge in [0.05, 0.1) is 5.69 Å². The number of tetrazole rings is 1. The van der Waals surface area contributed by atoms with Crippen molar-refractivity contribution in [1.82, 2.24) is 30.4 Å². The number of hydrogen-bond acceptors (Lipinski definition) is 8. The number of para-hydroxylation sites is 1. The van der Waals surface area contributed by atoms with Crippen LogP contribution >= 0.6 is 22.9 Å². The average Bonchev–Trinajstić information content (AvgIpc) is 3.37. The zero-order valence-corrected chi connectivity index (χ0v) is 16.4. The second-order valence-corrected chi connectivity index (χ2v) is 7.41. The van der Waals surface area contributed by atoms with E-state index in [-0.39, 0.29) is 0 Å². The molecule has 0 unspecified atom stereocenters. The van der Waals surface area contributed by atoms with Crippen molar-refractivity contribution in [3.05, 3.63) is 70.2 Å². The van der Waals surface area contributed by atoms with Gasteiger partial charge in [-0.05, 0) is 40.3 Å². The molecular weight excluding hydrogens is 396 g/mol. The topological polar surface area (TPSA) is 93.4 Å². The van der Waals surface area contributed by atoms with Crippen molar-refractivity contribution in [1.29, 1.82) is 0 Å². The van der Waals surface area contributed by atoms with E-state index in [0.29, 0.717) is 19.0 Å². The lowest BCUT2D eigenvalue weighted by Gasteiger charge is -2.07. The van der Waals surface area contributed by atoms with Crippen LogP contribution in [0.2, 0.25) is 5.02 Å². The monoisotopic (exact) mass is 412 g/mol. The van der Waals surface area contributed by atoms with Gasteiger partial charge in [0, 0.05) is 24.5 Å². The lowest BCUT2D eigenvalue weighted by molar-refractivity contribution is 0.789. The Labute approximate surface area is 170 Å². The quantitative estimate of drug-likeness (QED) is 0.429. The number of anilines is 2. The Kier molecular flexibility index (Phi) is 5.74. The maximum Gasteiger partial charge on any atom is 0.247 e. The second-order valence-electron chi connectivity index (χ2n) is 5.91. The zero-order chi connectivity index (χ0) is 19.2. The van der Waals surface area contributed by atoms with Crippen LogP contribution in [0, 0.1) is 0 Å². The van der Waals surface area contributed by atoms with Crippen molar-refractivity contribution in [2.45, 2.75) is 6.42 Å². The highest BCUT2D eigenvalue weighted by Gasteiger charge is 2.08. The molecule has 0 saturated carbocycles. The molecule has 4 rings (SSSR count). The first kappa shape index (κ1) is 18.3. The molecule has 2 aromatic carbocycles. The largest absolute Gasteiger partial charge is 0.358 e. The summed E-state index contributed by atoms with van der Waals surface area (Å²) in [6, 6.07) is 17.5. The van der Waals surface area contributed by atoms with Crippen LogP contribution in [0.1, 0.15) is 10.6 Å². The van der Waals surface area contributed by atoms with Gasteiger partial charge in [-0.1, -0.05) is 58.4 Å². The number of hydrogen-bond donors (Lipinski definition) is 2. The Morgan fingerprint density at radius 2 is 1.68 bits per heavy atom. The van der Waals surface area contributed by atoms with E-state index in [1.54, 1.807) is 16.0 Å². The second kappa shape index (κ2) is 8.77. The average molecular weight is 413 g/mol. The first-order valence-corrected chi connectivity index (χ1v) is 9.86. The van der Waals surface area contributed by atoms with Gasteiger partial charge in [-0.15, -0.1) is 10.2 Å². The van der Waals surface area contributed by atoms with Crippen LogP contribution in [0.4, 0.5) is 11.1 Å². The molecule has 0 fully saturated rings. The fraction of sp³-hybridized carbons (Fsp3) is 0.167. The maximum atomic E-state index is 5.92. The highest BCUT2D eigenvalue weighted by molar-refractivity contribution is 7.15. The number of nitrogens with one attached hydrogen (secondary N) is 2. The number of halogens is 1. The van der Waals surface area contributed by atoms with E-state index in [0.717, 1.165) is 32.8 Å². The number of benzene rings is 2. The minimum absolute atomic E-state index is 0.591. The van der Waals surface area contributed by atoms with Crippen molar-refractivity contribution in [2.75, 3.05) is 23.7 Å². The lowest BCUT2D eigenvalue weighted by Crippen LogP contribution is -2.16. The molecule has 28 heavy (non-hydrogen) atoms. The molecule has 0 amide bonds. The minimum atomic E-state index is 0.591. The van der Waals surface area contributed by atoms with Gasteiger partial charge in [-0.25, -0.2) is 0 Å². The predicted molar refractivity (Wildman–Crippen MR) is 110 cm³/mol. The Balaban J connectivity index is 1.27. The molecule has 0 spiro atoms. The van der Waals surface area contributed by atoms with Gasteiger partial charge in [0.15, 0.2) is 0 Å². The van der Waals surface area contributed by atoms with Gasteiger partial charge < -0.3 is 10.6 Å². The highest BCUT2D eigenvalue weighted by atomic mass is 35.5. The third-order valence-corrected chi connectivity index (χ3v) is 5.02. The van der Waals surface area contributed by atoms with E-state index in [2.05, 4.69) is 36.4 Å². The molecule has 2 heterocycles. The summed E-state index contributed by atoms with van der Waals surface area (Å²) in [6.45, 7) is 1.30. The van der Waals surface area contributed by atoms with E-state index in [1.165, 1.54) is 0 Å². The molecule has 0 aliphatic heterocycles. The van der Waals surface area contributed by atoms with Crippen LogP contribution in [-0.4, -0.2) is 43.5 Å². The van der Waals surface area contributed by atoms with E-state index >= 15 is 0 Å². The molecule has 0 saturated heterocycles. The Morgan fingerprint density at radius 1 is 0.893 bits per heavy atom. The predicted octanol–water partition coefficient (Wildman–Crippen LogP) is 3.28. The third kappa shape index (κ3) is 4.62. The summed E-state index contributed by atoms with van der Waals surface area (Å²) in [4.78, 5) is 0. The Hall–Kier alpha value is -3.04. The first-order valence-electron chi connectivity index (χ1n) is 8.66. The summed E-state index contributed by atoms with van der Waals surface area (Å²) in [5.74, 6) is 0.591. The van der Waals surface area contributed by atoms with Gasteiger partial charge in [0.1, 0.15) is 5.01 Å². The summed E-state index contributed by atoms with van der Waals surface area (Å²) in [7, 11) is 0. The lowest BCUT2D eigenvalue weighted by atomic mass is 10.2. The molecule has 0 bridgehead atoms. The molecule has 8 nitrogen and oxygen atoms in total. The van der Waals surface area contributed by atoms with Crippen LogP contribution in [-0.2, 0) is 6.42 Å².